The van der Waals surface area contributed by atoms with Crippen molar-refractivity contribution in [1.82, 2.24) is 0 Å². The topological polar surface area (TPSA) is 40.5 Å². The Balaban J connectivity index is 1.98. The molecule has 0 aliphatic carbocycles. The first kappa shape index (κ1) is 15.8. The third-order valence-corrected chi connectivity index (χ3v) is 4.07. The van der Waals surface area contributed by atoms with Gasteiger partial charge < -0.3 is 5.11 Å². The molecule has 0 heterocycles. The van der Waals surface area contributed by atoms with Gasteiger partial charge in [0.2, 0.25) is 0 Å². The van der Waals surface area contributed by atoms with Gasteiger partial charge in [0.05, 0.1) is 0 Å². The zero-order valence-electron chi connectivity index (χ0n) is 13.2. The van der Waals surface area contributed by atoms with Crippen LogP contribution in [0.25, 0.3) is 0 Å². The Hall–Kier alpha value is -3.07. The Labute approximate surface area is 141 Å². The molecule has 0 atom stereocenters. The van der Waals surface area contributed by atoms with Crippen molar-refractivity contribution in [3.63, 3.8) is 0 Å². The fourth-order valence-electron chi connectivity index (χ4n) is 2.86. The number of hydrogen-bond donors (Lipinski definition) is 1. The predicted octanol–water partition coefficient (Wildman–Crippen LogP) is 5.00. The van der Waals surface area contributed by atoms with E-state index in [-0.39, 0.29) is 5.92 Å². The second-order valence-corrected chi connectivity index (χ2v) is 5.60. The minimum atomic E-state index is -0.946. The molecule has 120 valence electrons. The van der Waals surface area contributed by atoms with Gasteiger partial charge in [-0.25, -0.2) is 4.79 Å². The third kappa shape index (κ3) is 3.63. The zero-order valence-corrected chi connectivity index (χ0v) is 13.2. The number of rotatable bonds is 5. The fourth-order valence-corrected chi connectivity index (χ4v) is 2.86. The summed E-state index contributed by atoms with van der Waals surface area (Å²) in [7, 11) is 0. The van der Waals surface area contributed by atoms with Crippen molar-refractivity contribution < 1.29 is 9.90 Å². The molecular weight excluding hydrogens is 298 g/mol. The Kier molecular flexibility index (Phi) is 4.92. The van der Waals surface area contributed by atoms with Crippen molar-refractivity contribution in [2.24, 2.45) is 0 Å². The zero-order chi connectivity index (χ0) is 16.8. The molecular formula is C21H19NO2. The molecule has 1 N–H and O–H groups in total. The van der Waals surface area contributed by atoms with E-state index >= 15 is 0 Å². The van der Waals surface area contributed by atoms with Gasteiger partial charge in [0.1, 0.15) is 0 Å². The summed E-state index contributed by atoms with van der Waals surface area (Å²) in [4.78, 5) is 13.2. The molecule has 3 aromatic carbocycles. The largest absolute Gasteiger partial charge is 0.465 e. The maximum Gasteiger partial charge on any atom is 0.411 e. The van der Waals surface area contributed by atoms with Crippen molar-refractivity contribution in [3.05, 3.63) is 102 Å². The van der Waals surface area contributed by atoms with Gasteiger partial charge in [0.25, 0.3) is 0 Å². The van der Waals surface area contributed by atoms with E-state index in [9.17, 15) is 9.90 Å². The summed E-state index contributed by atoms with van der Waals surface area (Å²) in [6.07, 6.45) is -0.946. The van der Waals surface area contributed by atoms with E-state index in [1.807, 2.05) is 91.0 Å². The van der Waals surface area contributed by atoms with E-state index in [0.29, 0.717) is 12.2 Å². The maximum atomic E-state index is 11.8. The first-order chi connectivity index (χ1) is 11.8. The van der Waals surface area contributed by atoms with Crippen LogP contribution in [-0.4, -0.2) is 17.7 Å². The summed E-state index contributed by atoms with van der Waals surface area (Å²) in [6.45, 7) is 0.368. The van der Waals surface area contributed by atoms with Crippen LogP contribution in [0.2, 0.25) is 0 Å². The first-order valence-corrected chi connectivity index (χ1v) is 7.91. The number of benzene rings is 3. The number of amides is 1. The molecule has 0 radical (unpaired) electrons. The van der Waals surface area contributed by atoms with Crippen LogP contribution in [0.15, 0.2) is 91.0 Å². The minimum absolute atomic E-state index is 0.0243. The normalized spacial score (nSPS) is 10.5. The fraction of sp³-hybridized carbons (Fsp3) is 0.0952. The number of hydrogen-bond acceptors (Lipinski definition) is 1. The predicted molar refractivity (Wildman–Crippen MR) is 96.5 cm³/mol. The van der Waals surface area contributed by atoms with Gasteiger partial charge in [-0.1, -0.05) is 78.9 Å². The lowest BCUT2D eigenvalue weighted by Crippen LogP contribution is -2.33. The van der Waals surface area contributed by atoms with Crippen LogP contribution >= 0.6 is 0 Å². The van der Waals surface area contributed by atoms with E-state index in [1.165, 1.54) is 4.90 Å². The highest BCUT2D eigenvalue weighted by atomic mass is 16.4. The smallest absolute Gasteiger partial charge is 0.411 e. The van der Waals surface area contributed by atoms with Crippen LogP contribution in [-0.2, 0) is 0 Å². The summed E-state index contributed by atoms with van der Waals surface area (Å²) in [5.41, 5.74) is 2.89. The molecule has 3 aromatic rings. The summed E-state index contributed by atoms with van der Waals surface area (Å²) >= 11 is 0. The van der Waals surface area contributed by atoms with Gasteiger partial charge in [-0.3, -0.25) is 4.90 Å². The Morgan fingerprint density at radius 3 is 1.58 bits per heavy atom. The third-order valence-electron chi connectivity index (χ3n) is 4.07. The molecule has 0 saturated heterocycles. The highest BCUT2D eigenvalue weighted by Gasteiger charge is 2.22. The Bertz CT molecular complexity index is 733. The molecule has 0 fully saturated rings. The molecule has 0 spiro atoms. The second kappa shape index (κ2) is 7.47. The number of carbonyl (C=O) groups is 1. The molecule has 0 bridgehead atoms. The monoisotopic (exact) mass is 317 g/mol. The van der Waals surface area contributed by atoms with E-state index in [2.05, 4.69) is 0 Å². The van der Waals surface area contributed by atoms with Crippen LogP contribution in [0.3, 0.4) is 0 Å². The van der Waals surface area contributed by atoms with Crippen molar-refractivity contribution >= 4 is 11.8 Å². The van der Waals surface area contributed by atoms with E-state index in [4.69, 9.17) is 0 Å². The van der Waals surface area contributed by atoms with Gasteiger partial charge in [-0.2, -0.15) is 0 Å². The second-order valence-electron chi connectivity index (χ2n) is 5.60. The highest BCUT2D eigenvalue weighted by molar-refractivity contribution is 5.86. The van der Waals surface area contributed by atoms with Crippen LogP contribution in [0, 0.1) is 0 Å². The molecule has 0 aliphatic rings. The summed E-state index contributed by atoms with van der Waals surface area (Å²) in [6, 6.07) is 29.3. The van der Waals surface area contributed by atoms with Gasteiger partial charge in [0.15, 0.2) is 0 Å². The Morgan fingerprint density at radius 1 is 0.750 bits per heavy atom. The van der Waals surface area contributed by atoms with Crippen LogP contribution in [0.4, 0.5) is 10.5 Å². The average Bonchev–Trinajstić information content (AvgIpc) is 2.64. The number of carboxylic acid groups (broad SMARTS) is 1. The van der Waals surface area contributed by atoms with Crippen LogP contribution < -0.4 is 4.90 Å². The molecule has 0 aliphatic heterocycles. The van der Waals surface area contributed by atoms with Gasteiger partial charge in [0, 0.05) is 18.2 Å². The van der Waals surface area contributed by atoms with Crippen LogP contribution in [0.5, 0.6) is 0 Å². The first-order valence-electron chi connectivity index (χ1n) is 7.91. The number of anilines is 1. The molecule has 0 saturated carbocycles. The molecule has 0 unspecified atom stereocenters. The van der Waals surface area contributed by atoms with E-state index in [0.717, 1.165) is 11.1 Å². The van der Waals surface area contributed by atoms with E-state index < -0.39 is 6.09 Å². The van der Waals surface area contributed by atoms with Crippen molar-refractivity contribution in [2.45, 2.75) is 5.92 Å². The van der Waals surface area contributed by atoms with Crippen LogP contribution in [0.1, 0.15) is 17.0 Å². The molecule has 3 rings (SSSR count). The average molecular weight is 317 g/mol. The van der Waals surface area contributed by atoms with Crippen molar-refractivity contribution in [2.75, 3.05) is 11.4 Å². The van der Waals surface area contributed by atoms with Crippen molar-refractivity contribution in [3.8, 4) is 0 Å². The minimum Gasteiger partial charge on any atom is -0.465 e. The lowest BCUT2D eigenvalue weighted by molar-refractivity contribution is 0.201. The maximum absolute atomic E-state index is 11.8. The molecule has 0 aromatic heterocycles. The standard InChI is InChI=1S/C21H19NO2/c23-21(24)22(19-14-8-3-9-15-19)16-20(17-10-4-1-5-11-17)18-12-6-2-7-13-18/h1-15,20H,16H2,(H,23,24). The van der Waals surface area contributed by atoms with Crippen molar-refractivity contribution in [1.29, 1.82) is 0 Å². The lowest BCUT2D eigenvalue weighted by atomic mass is 9.90. The SMILES string of the molecule is O=C(O)N(CC(c1ccccc1)c1ccccc1)c1ccccc1. The summed E-state index contributed by atoms with van der Waals surface area (Å²) < 4.78 is 0. The number of nitrogens with zero attached hydrogens (tertiary/aromatic N) is 1. The summed E-state index contributed by atoms with van der Waals surface area (Å²) in [5, 5.41) is 9.70. The quantitative estimate of drug-likeness (QED) is 0.719. The molecule has 1 amide bonds. The van der Waals surface area contributed by atoms with E-state index in [1.54, 1.807) is 0 Å². The van der Waals surface area contributed by atoms with Gasteiger partial charge >= 0.3 is 6.09 Å². The molecule has 24 heavy (non-hydrogen) atoms. The van der Waals surface area contributed by atoms with Gasteiger partial charge in [-0.05, 0) is 23.3 Å². The lowest BCUT2D eigenvalue weighted by Gasteiger charge is -2.26. The Morgan fingerprint density at radius 2 is 1.17 bits per heavy atom. The summed E-state index contributed by atoms with van der Waals surface area (Å²) in [5.74, 6) is -0.0243. The number of para-hydroxylation sites is 1. The highest BCUT2D eigenvalue weighted by Crippen LogP contribution is 2.27. The van der Waals surface area contributed by atoms with Gasteiger partial charge in [-0.15, -0.1) is 0 Å². The molecule has 3 heteroatoms. The molecule has 3 nitrogen and oxygen atoms in total.